The molecule has 4 aromatic carbocycles. The molecule has 4 aromatic rings. The van der Waals surface area contributed by atoms with Gasteiger partial charge in [-0.05, 0) is 79.3 Å². The molecule has 0 radical (unpaired) electrons. The molecule has 0 saturated heterocycles. The van der Waals surface area contributed by atoms with E-state index in [1.165, 1.54) is 5.56 Å². The van der Waals surface area contributed by atoms with Crippen LogP contribution in [0.1, 0.15) is 41.2 Å². The lowest BCUT2D eigenvalue weighted by atomic mass is 10.0. The molecule has 0 fully saturated rings. The van der Waals surface area contributed by atoms with E-state index >= 15 is 0 Å². The van der Waals surface area contributed by atoms with Gasteiger partial charge in [-0.25, -0.2) is 0 Å². The molecule has 1 heterocycles. The Morgan fingerprint density at radius 2 is 1.49 bits per heavy atom. The van der Waals surface area contributed by atoms with Crippen LogP contribution in [0.5, 0.6) is 11.5 Å². The summed E-state index contributed by atoms with van der Waals surface area (Å²) in [5, 5.41) is 0. The third-order valence-electron chi connectivity index (χ3n) is 6.70. The molecule has 1 aliphatic rings. The van der Waals surface area contributed by atoms with Gasteiger partial charge in [0, 0.05) is 0 Å². The summed E-state index contributed by atoms with van der Waals surface area (Å²) in [6.45, 7) is 2.46. The Morgan fingerprint density at radius 1 is 0.795 bits per heavy atom. The van der Waals surface area contributed by atoms with Gasteiger partial charge >= 0.3 is 10.1 Å². The Kier molecular flexibility index (Phi) is 8.45. The lowest BCUT2D eigenvalue weighted by Crippen LogP contribution is -2.19. The third kappa shape index (κ3) is 7.37. The second-order valence-electron chi connectivity index (χ2n) is 9.72. The number of aryl methyl sites for hydroxylation is 2. The average Bonchev–Trinajstić information content (AvgIpc) is 2.97. The molecule has 0 aromatic heterocycles. The lowest BCUT2D eigenvalue weighted by Gasteiger charge is -2.26. The highest BCUT2D eigenvalue weighted by Gasteiger charge is 2.21. The topological polar surface area (TPSA) is 61.8 Å². The van der Waals surface area contributed by atoms with Crippen molar-refractivity contribution in [2.24, 2.45) is 0 Å². The highest BCUT2D eigenvalue weighted by atomic mass is 32.2. The van der Waals surface area contributed by atoms with E-state index in [2.05, 4.69) is 30.3 Å². The predicted molar refractivity (Wildman–Crippen MR) is 152 cm³/mol. The molecule has 6 heteroatoms. The van der Waals surface area contributed by atoms with Crippen LogP contribution in [0.15, 0.2) is 120 Å². The Hall–Kier alpha value is -3.87. The van der Waals surface area contributed by atoms with Gasteiger partial charge in [0.05, 0.1) is 6.10 Å². The van der Waals surface area contributed by atoms with Gasteiger partial charge < -0.3 is 13.7 Å². The molecule has 1 aliphatic heterocycles. The number of hydrogen-bond acceptors (Lipinski definition) is 5. The number of ether oxygens (including phenoxy) is 2. The van der Waals surface area contributed by atoms with E-state index in [1.807, 2.05) is 55.5 Å². The van der Waals surface area contributed by atoms with Crippen LogP contribution in [0.3, 0.4) is 0 Å². The van der Waals surface area contributed by atoms with Crippen LogP contribution in [0.4, 0.5) is 0 Å². The van der Waals surface area contributed by atoms with Gasteiger partial charge in [-0.3, -0.25) is 0 Å². The summed E-state index contributed by atoms with van der Waals surface area (Å²) >= 11 is 0. The Bertz CT molecular complexity index is 1480. The van der Waals surface area contributed by atoms with Crippen LogP contribution < -0.4 is 8.92 Å². The van der Waals surface area contributed by atoms with Crippen LogP contribution >= 0.6 is 0 Å². The Morgan fingerprint density at radius 3 is 2.21 bits per heavy atom. The van der Waals surface area contributed by atoms with E-state index in [0.717, 1.165) is 41.7 Å². The molecular formula is C33H32O5S. The molecule has 39 heavy (non-hydrogen) atoms. The third-order valence-corrected chi connectivity index (χ3v) is 7.96. The van der Waals surface area contributed by atoms with Crippen molar-refractivity contribution >= 4 is 10.1 Å². The summed E-state index contributed by atoms with van der Waals surface area (Å²) in [6.07, 6.45) is 6.81. The van der Waals surface area contributed by atoms with Crippen molar-refractivity contribution in [1.82, 2.24) is 0 Å². The molecule has 5 rings (SSSR count). The first-order valence-corrected chi connectivity index (χ1v) is 14.5. The van der Waals surface area contributed by atoms with E-state index in [0.29, 0.717) is 6.61 Å². The fourth-order valence-electron chi connectivity index (χ4n) is 4.45. The summed E-state index contributed by atoms with van der Waals surface area (Å²) in [7, 11) is -3.88. The maximum absolute atomic E-state index is 12.6. The van der Waals surface area contributed by atoms with Gasteiger partial charge in [0.2, 0.25) is 0 Å². The number of hydrogen-bond donors (Lipinski definition) is 0. The standard InChI is InChI=1S/C33H32O5S/c1-25-10-22-32(23-11-25)39(34,35)38-31-20-15-28(16-21-31)33-9-5-8-30(37-33)19-14-26-12-17-29(18-13-26)36-24-27-6-3-2-4-7-27/h2-7,9-13,15-18,20-23,30,33H,8,14,19,24H2,1H3/t30-,33+/m1/s1. The summed E-state index contributed by atoms with van der Waals surface area (Å²) in [5.74, 6) is 1.13. The number of benzene rings is 4. The monoisotopic (exact) mass is 540 g/mol. The first-order chi connectivity index (χ1) is 18.9. The first-order valence-electron chi connectivity index (χ1n) is 13.1. The zero-order chi connectivity index (χ0) is 27.1. The second-order valence-corrected chi connectivity index (χ2v) is 11.3. The minimum atomic E-state index is -3.88. The summed E-state index contributed by atoms with van der Waals surface area (Å²) in [4.78, 5) is 0.132. The minimum Gasteiger partial charge on any atom is -0.489 e. The first kappa shape index (κ1) is 26.7. The highest BCUT2D eigenvalue weighted by Crippen LogP contribution is 2.30. The van der Waals surface area contributed by atoms with Gasteiger partial charge in [-0.1, -0.05) is 84.4 Å². The Labute approximate surface area is 230 Å². The molecule has 0 aliphatic carbocycles. The summed E-state index contributed by atoms with van der Waals surface area (Å²) in [6, 6.07) is 32.0. The van der Waals surface area contributed by atoms with Gasteiger partial charge in [-0.15, -0.1) is 0 Å². The summed E-state index contributed by atoms with van der Waals surface area (Å²) < 4.78 is 42.7. The largest absolute Gasteiger partial charge is 0.489 e. The van der Waals surface area contributed by atoms with Crippen molar-refractivity contribution in [3.63, 3.8) is 0 Å². The van der Waals surface area contributed by atoms with Crippen molar-refractivity contribution in [3.05, 3.63) is 138 Å². The molecule has 0 N–H and O–H groups in total. The maximum Gasteiger partial charge on any atom is 0.339 e. The smallest absolute Gasteiger partial charge is 0.339 e. The average molecular weight is 541 g/mol. The van der Waals surface area contributed by atoms with Crippen molar-refractivity contribution in [2.45, 2.75) is 49.9 Å². The van der Waals surface area contributed by atoms with Gasteiger partial charge in [0.1, 0.15) is 29.1 Å². The molecule has 5 nitrogen and oxygen atoms in total. The van der Waals surface area contributed by atoms with Crippen LogP contribution in [0, 0.1) is 6.92 Å². The normalized spacial score (nSPS) is 17.1. The quantitative estimate of drug-likeness (QED) is 0.155. The molecule has 2 atom stereocenters. The second kappa shape index (κ2) is 12.3. The van der Waals surface area contributed by atoms with E-state index < -0.39 is 10.1 Å². The SMILES string of the molecule is Cc1ccc(S(=O)(=O)Oc2ccc([C@@H]3C=CC[C@H](CCc4ccc(OCc5ccccc5)cc4)O3)cc2)cc1. The lowest BCUT2D eigenvalue weighted by molar-refractivity contribution is 0.000729. The predicted octanol–water partition coefficient (Wildman–Crippen LogP) is 7.36. The fraction of sp³-hybridized carbons (Fsp3) is 0.212. The number of rotatable bonds is 10. The van der Waals surface area contributed by atoms with E-state index in [4.69, 9.17) is 13.7 Å². The fourth-order valence-corrected chi connectivity index (χ4v) is 5.38. The van der Waals surface area contributed by atoms with Crippen molar-refractivity contribution in [1.29, 1.82) is 0 Å². The van der Waals surface area contributed by atoms with Crippen LogP contribution in [0.25, 0.3) is 0 Å². The molecule has 0 spiro atoms. The van der Waals surface area contributed by atoms with Gasteiger partial charge in [-0.2, -0.15) is 8.42 Å². The van der Waals surface area contributed by atoms with Crippen LogP contribution in [0.2, 0.25) is 0 Å². The van der Waals surface area contributed by atoms with Crippen molar-refractivity contribution < 1.29 is 22.1 Å². The van der Waals surface area contributed by atoms with Crippen LogP contribution in [-0.2, 0) is 27.9 Å². The molecule has 0 saturated carbocycles. The maximum atomic E-state index is 12.6. The van der Waals surface area contributed by atoms with E-state index in [1.54, 1.807) is 36.4 Å². The van der Waals surface area contributed by atoms with Crippen molar-refractivity contribution in [2.75, 3.05) is 0 Å². The molecular weight excluding hydrogens is 508 g/mol. The van der Waals surface area contributed by atoms with Gasteiger partial charge in [0.25, 0.3) is 0 Å². The molecule has 0 unspecified atom stereocenters. The van der Waals surface area contributed by atoms with Crippen molar-refractivity contribution in [3.8, 4) is 11.5 Å². The Balaban J connectivity index is 1.12. The van der Waals surface area contributed by atoms with Crippen LogP contribution in [-0.4, -0.2) is 14.5 Å². The molecule has 0 bridgehead atoms. The zero-order valence-electron chi connectivity index (χ0n) is 21.9. The summed E-state index contributed by atoms with van der Waals surface area (Å²) in [5.41, 5.74) is 4.33. The zero-order valence-corrected chi connectivity index (χ0v) is 22.7. The molecule has 200 valence electrons. The molecule has 0 amide bonds. The van der Waals surface area contributed by atoms with E-state index in [-0.39, 0.29) is 22.9 Å². The van der Waals surface area contributed by atoms with E-state index in [9.17, 15) is 8.42 Å². The highest BCUT2D eigenvalue weighted by molar-refractivity contribution is 7.87. The minimum absolute atomic E-state index is 0.104. The van der Waals surface area contributed by atoms with Gasteiger partial charge in [0.15, 0.2) is 0 Å².